The molecule has 0 aromatic heterocycles. The number of hydrogen-bond acceptors (Lipinski definition) is 3. The third-order valence-corrected chi connectivity index (χ3v) is 3.20. The molecule has 0 unspecified atom stereocenters. The molecule has 0 saturated carbocycles. The molecule has 0 bridgehead atoms. The number of hydrogen-bond donors (Lipinski definition) is 2. The van der Waals surface area contributed by atoms with Gasteiger partial charge in [-0.05, 0) is 34.1 Å². The Hall–Kier alpha value is -1.01. The molecule has 1 aromatic carbocycles. The zero-order valence-corrected chi connectivity index (χ0v) is 9.84. The summed E-state index contributed by atoms with van der Waals surface area (Å²) < 4.78 is 0.481. The zero-order valence-electron chi connectivity index (χ0n) is 7.44. The highest BCUT2D eigenvalue weighted by Gasteiger charge is 2.09. The molecule has 0 atom stereocenters. The Balaban J connectivity index is 2.87. The van der Waals surface area contributed by atoms with Crippen LogP contribution in [0.3, 0.4) is 0 Å². The van der Waals surface area contributed by atoms with Gasteiger partial charge in [-0.25, -0.2) is 4.79 Å². The van der Waals surface area contributed by atoms with E-state index in [9.17, 15) is 9.59 Å². The van der Waals surface area contributed by atoms with E-state index < -0.39 is 11.9 Å². The average molecular weight is 291 g/mol. The van der Waals surface area contributed by atoms with Crippen LogP contribution in [-0.4, -0.2) is 27.9 Å². The third kappa shape index (κ3) is 3.56. The lowest BCUT2D eigenvalue weighted by atomic mass is 10.2. The molecule has 1 aromatic rings. The first-order valence-electron chi connectivity index (χ1n) is 3.88. The molecule has 80 valence electrons. The van der Waals surface area contributed by atoms with E-state index in [0.717, 1.165) is 11.8 Å². The highest BCUT2D eigenvalue weighted by Crippen LogP contribution is 2.24. The van der Waals surface area contributed by atoms with Gasteiger partial charge < -0.3 is 10.2 Å². The maximum absolute atomic E-state index is 10.8. The van der Waals surface area contributed by atoms with Crippen molar-refractivity contribution in [3.63, 3.8) is 0 Å². The second kappa shape index (κ2) is 5.18. The second-order valence-corrected chi connectivity index (χ2v) is 4.53. The number of benzene rings is 1. The number of halogens is 1. The summed E-state index contributed by atoms with van der Waals surface area (Å²) in [6.45, 7) is 0. The summed E-state index contributed by atoms with van der Waals surface area (Å²) in [5, 5.41) is 17.3. The lowest BCUT2D eigenvalue weighted by Gasteiger charge is -2.02. The summed E-state index contributed by atoms with van der Waals surface area (Å²) in [7, 11) is 0. The summed E-state index contributed by atoms with van der Waals surface area (Å²) >= 11 is 4.19. The van der Waals surface area contributed by atoms with Gasteiger partial charge in [-0.2, -0.15) is 0 Å². The molecule has 2 N–H and O–H groups in total. The zero-order chi connectivity index (χ0) is 11.4. The first-order chi connectivity index (χ1) is 7.00. The van der Waals surface area contributed by atoms with Gasteiger partial charge in [-0.1, -0.05) is 0 Å². The molecular formula is C9H7BrO4S. The Morgan fingerprint density at radius 2 is 2.00 bits per heavy atom. The van der Waals surface area contributed by atoms with E-state index in [1.807, 2.05) is 0 Å². The lowest BCUT2D eigenvalue weighted by molar-refractivity contribution is -0.133. The van der Waals surface area contributed by atoms with Crippen LogP contribution in [0.2, 0.25) is 0 Å². The third-order valence-electron chi connectivity index (χ3n) is 1.53. The number of carbonyl (C=O) groups is 2. The standard InChI is InChI=1S/C9H7BrO4S/c10-7-2-1-5(15-4-8(11)12)3-6(7)9(13)14/h1-3H,4H2,(H,11,12)(H,13,14). The molecule has 0 aliphatic heterocycles. The summed E-state index contributed by atoms with van der Waals surface area (Å²) in [5.74, 6) is -2.06. The van der Waals surface area contributed by atoms with Crippen molar-refractivity contribution < 1.29 is 19.8 Å². The van der Waals surface area contributed by atoms with E-state index in [2.05, 4.69) is 15.9 Å². The van der Waals surface area contributed by atoms with Crippen LogP contribution in [0.15, 0.2) is 27.6 Å². The Morgan fingerprint density at radius 3 is 2.53 bits per heavy atom. The molecule has 4 nitrogen and oxygen atoms in total. The molecule has 0 fully saturated rings. The Bertz CT molecular complexity index is 405. The van der Waals surface area contributed by atoms with E-state index >= 15 is 0 Å². The fraction of sp³-hybridized carbons (Fsp3) is 0.111. The van der Waals surface area contributed by atoms with Crippen LogP contribution in [0, 0.1) is 0 Å². The quantitative estimate of drug-likeness (QED) is 0.833. The number of carboxylic acids is 2. The van der Waals surface area contributed by atoms with Crippen LogP contribution in [0.4, 0.5) is 0 Å². The van der Waals surface area contributed by atoms with Crippen LogP contribution in [0.5, 0.6) is 0 Å². The monoisotopic (exact) mass is 290 g/mol. The van der Waals surface area contributed by atoms with E-state index in [4.69, 9.17) is 10.2 Å². The number of rotatable bonds is 4. The van der Waals surface area contributed by atoms with Crippen molar-refractivity contribution in [3.05, 3.63) is 28.2 Å². The first-order valence-corrected chi connectivity index (χ1v) is 5.66. The maximum atomic E-state index is 10.8. The van der Waals surface area contributed by atoms with Crippen LogP contribution < -0.4 is 0 Å². The fourth-order valence-electron chi connectivity index (χ4n) is 0.903. The van der Waals surface area contributed by atoms with E-state index in [1.54, 1.807) is 12.1 Å². The number of aliphatic carboxylic acids is 1. The van der Waals surface area contributed by atoms with Crippen molar-refractivity contribution in [2.24, 2.45) is 0 Å². The van der Waals surface area contributed by atoms with Crippen LogP contribution >= 0.6 is 27.7 Å². The molecule has 0 radical (unpaired) electrons. The number of thioether (sulfide) groups is 1. The minimum absolute atomic E-state index is 0.0826. The smallest absolute Gasteiger partial charge is 0.336 e. The van der Waals surface area contributed by atoms with Crippen molar-refractivity contribution in [2.75, 3.05) is 5.75 Å². The van der Waals surface area contributed by atoms with Crippen molar-refractivity contribution in [1.29, 1.82) is 0 Å². The first kappa shape index (κ1) is 12.1. The summed E-state index contributed by atoms with van der Waals surface area (Å²) in [5.41, 5.74) is 0.130. The van der Waals surface area contributed by atoms with Crippen molar-refractivity contribution in [2.45, 2.75) is 4.90 Å². The van der Waals surface area contributed by atoms with Crippen LogP contribution in [0.25, 0.3) is 0 Å². The normalized spacial score (nSPS) is 9.93. The predicted molar refractivity (Wildman–Crippen MR) is 59.5 cm³/mol. The minimum atomic E-state index is -1.04. The molecule has 0 spiro atoms. The van der Waals surface area contributed by atoms with Gasteiger partial charge in [0.1, 0.15) is 0 Å². The SMILES string of the molecule is O=C(O)CSc1ccc(Br)c(C(=O)O)c1. The van der Waals surface area contributed by atoms with E-state index in [1.165, 1.54) is 6.07 Å². The lowest BCUT2D eigenvalue weighted by Crippen LogP contribution is -2.00. The van der Waals surface area contributed by atoms with Gasteiger partial charge in [0.05, 0.1) is 11.3 Å². The van der Waals surface area contributed by atoms with Crippen molar-refractivity contribution >= 4 is 39.6 Å². The Kier molecular flexibility index (Phi) is 4.16. The average Bonchev–Trinajstić information content (AvgIpc) is 2.16. The van der Waals surface area contributed by atoms with Gasteiger partial charge in [0.25, 0.3) is 0 Å². The fourth-order valence-corrected chi connectivity index (χ4v) is 1.97. The van der Waals surface area contributed by atoms with Crippen molar-refractivity contribution in [1.82, 2.24) is 0 Å². The minimum Gasteiger partial charge on any atom is -0.481 e. The van der Waals surface area contributed by atoms with Gasteiger partial charge >= 0.3 is 11.9 Å². The highest BCUT2D eigenvalue weighted by atomic mass is 79.9. The van der Waals surface area contributed by atoms with E-state index in [0.29, 0.717) is 9.37 Å². The van der Waals surface area contributed by atoms with Gasteiger partial charge in [0.15, 0.2) is 0 Å². The largest absolute Gasteiger partial charge is 0.481 e. The highest BCUT2D eigenvalue weighted by molar-refractivity contribution is 9.10. The molecule has 0 aliphatic rings. The number of aromatic carboxylic acids is 1. The molecule has 0 heterocycles. The summed E-state index contributed by atoms with van der Waals surface area (Å²) in [4.78, 5) is 21.7. The molecule has 0 amide bonds. The maximum Gasteiger partial charge on any atom is 0.336 e. The molecule has 15 heavy (non-hydrogen) atoms. The van der Waals surface area contributed by atoms with Crippen LogP contribution in [0.1, 0.15) is 10.4 Å². The van der Waals surface area contributed by atoms with Gasteiger partial charge in [-0.3, -0.25) is 4.79 Å². The molecule has 1 rings (SSSR count). The van der Waals surface area contributed by atoms with E-state index in [-0.39, 0.29) is 11.3 Å². The van der Waals surface area contributed by atoms with Gasteiger partial charge in [0.2, 0.25) is 0 Å². The summed E-state index contributed by atoms with van der Waals surface area (Å²) in [6.07, 6.45) is 0. The Labute approximate surface area is 98.4 Å². The molecular weight excluding hydrogens is 284 g/mol. The Morgan fingerprint density at radius 1 is 1.33 bits per heavy atom. The second-order valence-electron chi connectivity index (χ2n) is 2.63. The van der Waals surface area contributed by atoms with Crippen molar-refractivity contribution in [3.8, 4) is 0 Å². The van der Waals surface area contributed by atoms with Gasteiger partial charge in [-0.15, -0.1) is 11.8 Å². The van der Waals surface area contributed by atoms with Gasteiger partial charge in [0, 0.05) is 9.37 Å². The predicted octanol–water partition coefficient (Wildman–Crippen LogP) is 2.32. The summed E-state index contributed by atoms with van der Waals surface area (Å²) in [6, 6.07) is 4.71. The number of carboxylic acid groups (broad SMARTS) is 2. The molecule has 0 aliphatic carbocycles. The molecule has 0 saturated heterocycles. The van der Waals surface area contributed by atoms with Crippen LogP contribution in [-0.2, 0) is 4.79 Å². The molecule has 6 heteroatoms. The topological polar surface area (TPSA) is 74.6 Å².